The van der Waals surface area contributed by atoms with E-state index in [1.165, 1.54) is 19.1 Å². The lowest BCUT2D eigenvalue weighted by atomic mass is 9.88. The lowest BCUT2D eigenvalue weighted by Crippen LogP contribution is -2.36. The number of halogens is 5. The smallest absolute Gasteiger partial charge is 0.435 e. The fourth-order valence-corrected chi connectivity index (χ4v) is 5.18. The van der Waals surface area contributed by atoms with Crippen molar-refractivity contribution in [3.63, 3.8) is 0 Å². The number of amides is 1. The molecule has 0 saturated carbocycles. The first-order valence-corrected chi connectivity index (χ1v) is 12.9. The molecule has 1 aromatic heterocycles. The summed E-state index contributed by atoms with van der Waals surface area (Å²) in [4.78, 5) is 28.1. The molecule has 214 valence electrons. The Balaban J connectivity index is 1.60. The molecule has 0 bridgehead atoms. The van der Waals surface area contributed by atoms with Crippen LogP contribution in [0.1, 0.15) is 42.3 Å². The fraction of sp³-hybridized carbons (Fsp3) is 0.414. The number of ketones is 1. The van der Waals surface area contributed by atoms with Crippen LogP contribution in [0.3, 0.4) is 0 Å². The third kappa shape index (κ3) is 6.68. The van der Waals surface area contributed by atoms with E-state index in [1.807, 2.05) is 6.92 Å². The number of alkyl halides is 3. The molecule has 1 heterocycles. The Hall–Kier alpha value is -3.76. The molecular formula is C29H30F5N3O3. The number of methoxy groups -OCH3 is 1. The molecule has 1 amide bonds. The van der Waals surface area contributed by atoms with E-state index in [9.17, 15) is 31.5 Å². The second-order valence-electron chi connectivity index (χ2n) is 10.3. The Morgan fingerprint density at radius 1 is 1.12 bits per heavy atom. The van der Waals surface area contributed by atoms with E-state index in [2.05, 4.69) is 5.10 Å². The SMILES string of the molecule is COc1ccc(N(C)C(=O)C(CC(=O)Cn2nc(C(F)(F)F)c3c2CC(C)CC3)Cc2cc(F)cc(F)c2)cc1. The van der Waals surface area contributed by atoms with E-state index in [1.54, 1.807) is 24.3 Å². The summed E-state index contributed by atoms with van der Waals surface area (Å²) < 4.78 is 75.0. The van der Waals surface area contributed by atoms with Gasteiger partial charge in [0.05, 0.1) is 13.7 Å². The summed E-state index contributed by atoms with van der Waals surface area (Å²) in [5.41, 5.74) is 0.185. The normalized spacial score (nSPS) is 15.8. The minimum absolute atomic E-state index is 0.112. The maximum Gasteiger partial charge on any atom is 0.435 e. The highest BCUT2D eigenvalue weighted by Crippen LogP contribution is 2.37. The maximum absolute atomic E-state index is 13.9. The fourth-order valence-electron chi connectivity index (χ4n) is 5.18. The third-order valence-corrected chi connectivity index (χ3v) is 7.21. The quantitative estimate of drug-likeness (QED) is 0.309. The topological polar surface area (TPSA) is 64.4 Å². The molecule has 0 radical (unpaired) electrons. The van der Waals surface area contributed by atoms with Crippen molar-refractivity contribution in [1.29, 1.82) is 0 Å². The number of carbonyl (C=O) groups excluding carboxylic acids is 2. The Morgan fingerprint density at radius 2 is 1.77 bits per heavy atom. The first-order valence-electron chi connectivity index (χ1n) is 12.9. The lowest BCUT2D eigenvalue weighted by Gasteiger charge is -2.24. The van der Waals surface area contributed by atoms with Gasteiger partial charge in [-0.2, -0.15) is 18.3 Å². The van der Waals surface area contributed by atoms with Gasteiger partial charge in [-0.1, -0.05) is 6.92 Å². The third-order valence-electron chi connectivity index (χ3n) is 7.21. The zero-order valence-corrected chi connectivity index (χ0v) is 22.4. The summed E-state index contributed by atoms with van der Waals surface area (Å²) in [5.74, 6) is -2.99. The summed E-state index contributed by atoms with van der Waals surface area (Å²) in [6, 6.07) is 9.47. The molecule has 2 aromatic carbocycles. The molecule has 11 heteroatoms. The van der Waals surface area contributed by atoms with Crippen molar-refractivity contribution in [3.05, 3.63) is 76.6 Å². The first kappa shape index (κ1) is 29.2. The summed E-state index contributed by atoms with van der Waals surface area (Å²) in [6.07, 6.45) is -3.99. The van der Waals surface area contributed by atoms with Crippen molar-refractivity contribution in [2.75, 3.05) is 19.1 Å². The van der Waals surface area contributed by atoms with Gasteiger partial charge in [0, 0.05) is 42.4 Å². The van der Waals surface area contributed by atoms with Gasteiger partial charge < -0.3 is 9.64 Å². The molecule has 0 saturated heterocycles. The van der Waals surface area contributed by atoms with Gasteiger partial charge in [-0.25, -0.2) is 8.78 Å². The van der Waals surface area contributed by atoms with Crippen molar-refractivity contribution < 1.29 is 36.3 Å². The molecule has 0 N–H and O–H groups in total. The Morgan fingerprint density at radius 3 is 2.38 bits per heavy atom. The number of anilines is 1. The van der Waals surface area contributed by atoms with E-state index in [-0.39, 0.29) is 36.3 Å². The van der Waals surface area contributed by atoms with Crippen LogP contribution < -0.4 is 9.64 Å². The van der Waals surface area contributed by atoms with Gasteiger partial charge >= 0.3 is 6.18 Å². The first-order chi connectivity index (χ1) is 18.8. The number of Topliss-reactive ketones (excluding diaryl/α,β-unsaturated/α-hetero) is 1. The molecule has 0 fully saturated rings. The van der Waals surface area contributed by atoms with E-state index in [4.69, 9.17) is 4.74 Å². The Labute approximate surface area is 228 Å². The van der Waals surface area contributed by atoms with Gasteiger partial charge in [0.15, 0.2) is 11.5 Å². The minimum atomic E-state index is -4.65. The standard InChI is InChI=1S/C29H30F5N3O3/c1-17-4-9-25-26(10-17)37(35-27(25)29(32,33)34)16-23(38)14-19(11-18-12-20(30)15-21(31)13-18)28(39)36(2)22-5-7-24(40-3)8-6-22/h5-8,12-13,15,17,19H,4,9-11,14,16H2,1-3H3. The predicted molar refractivity (Wildman–Crippen MR) is 138 cm³/mol. The summed E-state index contributed by atoms with van der Waals surface area (Å²) in [5, 5.41) is 3.76. The number of benzene rings is 2. The number of rotatable bonds is 9. The van der Waals surface area contributed by atoms with Gasteiger partial charge in [-0.15, -0.1) is 0 Å². The van der Waals surface area contributed by atoms with E-state index in [0.717, 1.165) is 16.8 Å². The second-order valence-corrected chi connectivity index (χ2v) is 10.3. The van der Waals surface area contributed by atoms with Crippen molar-refractivity contribution in [1.82, 2.24) is 9.78 Å². The maximum atomic E-state index is 13.9. The minimum Gasteiger partial charge on any atom is -0.497 e. The van der Waals surface area contributed by atoms with Crippen LogP contribution in [0, 0.1) is 23.5 Å². The number of carbonyl (C=O) groups is 2. The number of nitrogens with zero attached hydrogens (tertiary/aromatic N) is 3. The predicted octanol–water partition coefficient (Wildman–Crippen LogP) is 5.79. The molecule has 40 heavy (non-hydrogen) atoms. The van der Waals surface area contributed by atoms with Gasteiger partial charge in [-0.05, 0) is 73.6 Å². The van der Waals surface area contributed by atoms with Crippen LogP contribution in [-0.2, 0) is 41.6 Å². The Kier molecular flexibility index (Phi) is 8.60. The largest absolute Gasteiger partial charge is 0.497 e. The van der Waals surface area contributed by atoms with Gasteiger partial charge in [0.25, 0.3) is 0 Å². The zero-order valence-electron chi connectivity index (χ0n) is 22.4. The molecule has 1 aliphatic rings. The zero-order chi connectivity index (χ0) is 29.2. The van der Waals surface area contributed by atoms with Crippen molar-refractivity contribution in [2.24, 2.45) is 11.8 Å². The monoisotopic (exact) mass is 563 g/mol. The van der Waals surface area contributed by atoms with Crippen molar-refractivity contribution >= 4 is 17.4 Å². The summed E-state index contributed by atoms with van der Waals surface area (Å²) >= 11 is 0. The molecule has 4 rings (SSSR count). The van der Waals surface area contributed by atoms with Gasteiger partial charge in [0.1, 0.15) is 17.4 Å². The average molecular weight is 564 g/mol. The van der Waals surface area contributed by atoms with E-state index < -0.39 is 47.7 Å². The molecule has 0 spiro atoms. The summed E-state index contributed by atoms with van der Waals surface area (Å²) in [7, 11) is 3.01. The summed E-state index contributed by atoms with van der Waals surface area (Å²) in [6.45, 7) is 1.48. The molecule has 0 aliphatic heterocycles. The molecule has 3 aromatic rings. The number of aromatic nitrogens is 2. The van der Waals surface area contributed by atoms with Gasteiger partial charge in [0.2, 0.25) is 5.91 Å². The highest BCUT2D eigenvalue weighted by molar-refractivity contribution is 5.97. The number of hydrogen-bond acceptors (Lipinski definition) is 4. The van der Waals surface area contributed by atoms with Crippen LogP contribution in [-0.4, -0.2) is 35.6 Å². The van der Waals surface area contributed by atoms with E-state index >= 15 is 0 Å². The molecule has 1 aliphatic carbocycles. The highest BCUT2D eigenvalue weighted by Gasteiger charge is 2.40. The van der Waals surface area contributed by atoms with Crippen molar-refractivity contribution in [3.8, 4) is 5.75 Å². The number of ether oxygens (including phenoxy) is 1. The van der Waals surface area contributed by atoms with E-state index in [0.29, 0.717) is 36.0 Å². The van der Waals surface area contributed by atoms with Crippen LogP contribution in [0.4, 0.5) is 27.6 Å². The van der Waals surface area contributed by atoms with Gasteiger partial charge in [-0.3, -0.25) is 14.3 Å². The van der Waals surface area contributed by atoms with Crippen LogP contribution in [0.5, 0.6) is 5.75 Å². The van der Waals surface area contributed by atoms with Crippen LogP contribution in [0.25, 0.3) is 0 Å². The average Bonchev–Trinajstić information content (AvgIpc) is 3.24. The molecular weight excluding hydrogens is 533 g/mol. The van der Waals surface area contributed by atoms with Crippen LogP contribution in [0.15, 0.2) is 42.5 Å². The van der Waals surface area contributed by atoms with Crippen LogP contribution in [0.2, 0.25) is 0 Å². The lowest BCUT2D eigenvalue weighted by molar-refractivity contribution is -0.142. The molecule has 2 unspecified atom stereocenters. The molecule has 6 nitrogen and oxygen atoms in total. The van der Waals surface area contributed by atoms with Crippen molar-refractivity contribution in [2.45, 2.75) is 51.7 Å². The second kappa shape index (κ2) is 11.8. The highest BCUT2D eigenvalue weighted by atomic mass is 19.4. The Bertz CT molecular complexity index is 1360. The molecule has 2 atom stereocenters. The number of hydrogen-bond donors (Lipinski definition) is 0. The van der Waals surface area contributed by atoms with Crippen LogP contribution >= 0.6 is 0 Å². The number of fused-ring (bicyclic) bond motifs is 1.